The van der Waals surface area contributed by atoms with Gasteiger partial charge in [-0.15, -0.1) is 0 Å². The highest BCUT2D eigenvalue weighted by atomic mass is 32.2. The molecule has 5 amide bonds. The molecule has 4 N–H and O–H groups in total. The third-order valence-corrected chi connectivity index (χ3v) is 8.83. The minimum Gasteiger partial charge on any atom is -0.449 e. The number of rotatable bonds is 20. The van der Waals surface area contributed by atoms with Crippen LogP contribution in [0.4, 0.5) is 14.4 Å². The van der Waals surface area contributed by atoms with Crippen molar-refractivity contribution in [2.24, 2.45) is 17.8 Å². The highest BCUT2D eigenvalue weighted by Crippen LogP contribution is 2.52. The second-order valence-electron chi connectivity index (χ2n) is 11.4. The molecule has 0 aromatic rings. The van der Waals surface area contributed by atoms with Gasteiger partial charge in [-0.1, -0.05) is 17.2 Å². The van der Waals surface area contributed by atoms with Gasteiger partial charge in [0.1, 0.15) is 13.2 Å². The van der Waals surface area contributed by atoms with E-state index < -0.39 is 65.5 Å². The third kappa shape index (κ3) is 15.0. The third-order valence-electron chi connectivity index (χ3n) is 7.81. The van der Waals surface area contributed by atoms with E-state index in [0.717, 1.165) is 25.7 Å². The SMILES string of the molecule is COCCOCCNS(=O)(=O)NC(=O)OC[C@H](COC(=O)ON1C(=O)CCC1=O)NC(=O)CCCNC(=O)OC[C@@H]1[C@@H]2CC/C=C\CC[C@@H]21. The van der Waals surface area contributed by atoms with Gasteiger partial charge in [0.25, 0.3) is 11.8 Å². The van der Waals surface area contributed by atoms with Crippen LogP contribution in [0.3, 0.4) is 0 Å². The van der Waals surface area contributed by atoms with Crippen LogP contribution in [0.5, 0.6) is 0 Å². The van der Waals surface area contributed by atoms with Crippen LogP contribution >= 0.6 is 0 Å². The number of nitrogens with one attached hydrogen (secondary N) is 4. The van der Waals surface area contributed by atoms with E-state index in [0.29, 0.717) is 31.0 Å². The summed E-state index contributed by atoms with van der Waals surface area (Å²) in [6.45, 7) is -0.437. The second kappa shape index (κ2) is 20.5. The number of imide groups is 1. The molecule has 3 aliphatic rings. The van der Waals surface area contributed by atoms with Gasteiger partial charge in [0.15, 0.2) is 0 Å². The largest absolute Gasteiger partial charge is 0.534 e. The number of fused-ring (bicyclic) bond motifs is 1. The van der Waals surface area contributed by atoms with Crippen molar-refractivity contribution >= 4 is 46.3 Å². The lowest BCUT2D eigenvalue weighted by atomic mass is 10.1. The molecule has 0 unspecified atom stereocenters. The Labute approximate surface area is 284 Å². The smallest absolute Gasteiger partial charge is 0.449 e. The first-order valence-electron chi connectivity index (χ1n) is 16.1. The molecule has 20 heteroatoms. The second-order valence-corrected chi connectivity index (χ2v) is 12.9. The lowest BCUT2D eigenvalue weighted by Gasteiger charge is -2.19. The van der Waals surface area contributed by atoms with Crippen molar-refractivity contribution in [2.45, 2.75) is 57.4 Å². The van der Waals surface area contributed by atoms with Crippen LogP contribution in [-0.2, 0) is 53.1 Å². The molecule has 2 fully saturated rings. The molecule has 0 bridgehead atoms. The Balaban J connectivity index is 1.39. The fourth-order valence-electron chi connectivity index (χ4n) is 5.31. The van der Waals surface area contributed by atoms with E-state index in [9.17, 15) is 37.2 Å². The minimum absolute atomic E-state index is 0.00554. The van der Waals surface area contributed by atoms with Crippen molar-refractivity contribution < 1.29 is 65.7 Å². The molecule has 0 spiro atoms. The van der Waals surface area contributed by atoms with E-state index >= 15 is 0 Å². The molecule has 2 aliphatic carbocycles. The fourth-order valence-corrected chi connectivity index (χ4v) is 6.01. The van der Waals surface area contributed by atoms with Gasteiger partial charge in [0.05, 0.1) is 32.5 Å². The molecule has 4 atom stereocenters. The average Bonchev–Trinajstić information content (AvgIpc) is 3.59. The summed E-state index contributed by atoms with van der Waals surface area (Å²) >= 11 is 0. The standard InChI is InChI=1S/C29H45N5O14S/c1-43-15-16-44-14-13-31-49(41,42)33-28(39)45-17-20(18-47-29(40)48-34-25(36)10-11-26(34)37)32-24(35)9-6-12-30-27(38)46-19-23-21-7-4-2-3-5-8-22(21)23/h2-3,20-23,31H,4-19H2,1H3,(H,30,38)(H,32,35)(H,33,39)/b3-2-/t20-,21-,22+,23-/m1/s1. The van der Waals surface area contributed by atoms with Gasteiger partial charge < -0.3 is 34.3 Å². The van der Waals surface area contributed by atoms with Gasteiger partial charge in [-0.3, -0.25) is 19.2 Å². The maximum Gasteiger partial charge on any atom is 0.534 e. The molecule has 49 heavy (non-hydrogen) atoms. The van der Waals surface area contributed by atoms with Gasteiger partial charge in [-0.25, -0.2) is 19.1 Å². The van der Waals surface area contributed by atoms with Crippen LogP contribution in [0, 0.1) is 17.8 Å². The number of hydroxylamine groups is 2. The van der Waals surface area contributed by atoms with E-state index in [1.165, 1.54) is 7.11 Å². The summed E-state index contributed by atoms with van der Waals surface area (Å²) in [5.41, 5.74) is 0. The van der Waals surface area contributed by atoms with Crippen LogP contribution < -0.4 is 20.1 Å². The summed E-state index contributed by atoms with van der Waals surface area (Å²) in [5.74, 6) is -0.535. The average molecular weight is 720 g/mol. The molecule has 0 radical (unpaired) electrons. The number of carbonyl (C=O) groups is 6. The zero-order chi connectivity index (χ0) is 35.6. The predicted octanol–water partition coefficient (Wildman–Crippen LogP) is 0.411. The Hall–Kier alpha value is -4.01. The first kappa shape index (κ1) is 39.4. The summed E-state index contributed by atoms with van der Waals surface area (Å²) < 4.78 is 52.9. The molecule has 19 nitrogen and oxygen atoms in total. The summed E-state index contributed by atoms with van der Waals surface area (Å²) in [5, 5.41) is 5.33. The maximum atomic E-state index is 12.6. The Bertz CT molecular complexity index is 1260. The van der Waals surface area contributed by atoms with Gasteiger partial charge in [-0.05, 0) is 49.9 Å². The number of ether oxygens (including phenoxy) is 5. The number of methoxy groups -OCH3 is 1. The van der Waals surface area contributed by atoms with E-state index in [1.54, 1.807) is 4.72 Å². The lowest BCUT2D eigenvalue weighted by Crippen LogP contribution is -2.46. The number of alkyl carbamates (subject to hydrolysis) is 1. The first-order chi connectivity index (χ1) is 23.5. The number of hydrogen-bond acceptors (Lipinski definition) is 14. The summed E-state index contributed by atoms with van der Waals surface area (Å²) in [6.07, 6.45) is 5.04. The van der Waals surface area contributed by atoms with Crippen molar-refractivity contribution in [1.82, 2.24) is 25.1 Å². The van der Waals surface area contributed by atoms with Gasteiger partial charge >= 0.3 is 28.6 Å². The Morgan fingerprint density at radius 1 is 0.898 bits per heavy atom. The van der Waals surface area contributed by atoms with Gasteiger partial charge in [-0.2, -0.15) is 13.1 Å². The van der Waals surface area contributed by atoms with E-state index in [2.05, 4.69) is 32.3 Å². The molecular weight excluding hydrogens is 674 g/mol. The Kier molecular flexibility index (Phi) is 16.5. The fraction of sp³-hybridized carbons (Fsp3) is 0.724. The van der Waals surface area contributed by atoms with E-state index in [4.69, 9.17) is 23.7 Å². The van der Waals surface area contributed by atoms with Crippen molar-refractivity contribution in [2.75, 3.05) is 59.8 Å². The van der Waals surface area contributed by atoms with Crippen LogP contribution in [0.2, 0.25) is 0 Å². The number of nitrogens with zero attached hydrogens (tertiary/aromatic N) is 1. The van der Waals surface area contributed by atoms with Crippen molar-refractivity contribution in [3.8, 4) is 0 Å². The molecule has 0 aromatic heterocycles. The zero-order valence-corrected chi connectivity index (χ0v) is 28.2. The number of carbonyl (C=O) groups excluding carboxylic acids is 6. The zero-order valence-electron chi connectivity index (χ0n) is 27.3. The Morgan fingerprint density at radius 2 is 1.57 bits per heavy atom. The molecule has 1 saturated heterocycles. The Morgan fingerprint density at radius 3 is 2.24 bits per heavy atom. The molecule has 0 aromatic carbocycles. The molecule has 276 valence electrons. The number of amides is 5. The lowest BCUT2D eigenvalue weighted by molar-refractivity contribution is -0.177. The molecule has 3 rings (SSSR count). The predicted molar refractivity (Wildman–Crippen MR) is 166 cm³/mol. The maximum absolute atomic E-state index is 12.6. The minimum atomic E-state index is -4.33. The van der Waals surface area contributed by atoms with Crippen molar-refractivity contribution in [1.29, 1.82) is 0 Å². The van der Waals surface area contributed by atoms with E-state index in [1.807, 2.05) is 0 Å². The quantitative estimate of drug-likeness (QED) is 0.0438. The van der Waals surface area contributed by atoms with Gasteiger partial charge in [0, 0.05) is 39.5 Å². The first-order valence-corrected chi connectivity index (χ1v) is 17.5. The summed E-state index contributed by atoms with van der Waals surface area (Å²) in [7, 11) is -2.85. The molecule has 1 saturated carbocycles. The van der Waals surface area contributed by atoms with Crippen LogP contribution in [-0.4, -0.2) is 115 Å². The van der Waals surface area contributed by atoms with Crippen LogP contribution in [0.25, 0.3) is 0 Å². The highest BCUT2D eigenvalue weighted by molar-refractivity contribution is 7.88. The number of allylic oxidation sites excluding steroid dienone is 2. The monoisotopic (exact) mass is 719 g/mol. The van der Waals surface area contributed by atoms with Crippen molar-refractivity contribution in [3.63, 3.8) is 0 Å². The van der Waals surface area contributed by atoms with Crippen LogP contribution in [0.1, 0.15) is 51.4 Å². The topological polar surface area (TPSA) is 243 Å². The van der Waals surface area contributed by atoms with Crippen molar-refractivity contribution in [3.05, 3.63) is 12.2 Å². The highest BCUT2D eigenvalue weighted by Gasteiger charge is 2.49. The molecule has 1 aliphatic heterocycles. The number of hydrogen-bond donors (Lipinski definition) is 4. The van der Waals surface area contributed by atoms with E-state index in [-0.39, 0.29) is 57.0 Å². The van der Waals surface area contributed by atoms with Gasteiger partial charge in [0.2, 0.25) is 5.91 Å². The normalized spacial score (nSPS) is 21.3. The molecule has 1 heterocycles. The summed E-state index contributed by atoms with van der Waals surface area (Å²) in [4.78, 5) is 77.0. The van der Waals surface area contributed by atoms with Crippen LogP contribution in [0.15, 0.2) is 12.2 Å². The summed E-state index contributed by atoms with van der Waals surface area (Å²) in [6, 6.07) is -1.20. The molecular formula is C29H45N5O14S.